The standard InChI is InChI=1S/C24H28N4O3/c1-17-11-18(2)13-19(12-17)22(29)28-10-6-8-24(16-28)14-21(26-31-24)23(30)27(3)15-20-7-4-5-9-25-20/h4-5,7,9,11-13H,6,8,10,14-16H2,1-3H3/t24-/m0/s1. The molecule has 2 amide bonds. The average Bonchev–Trinajstić information content (AvgIpc) is 3.15. The number of nitrogens with zero attached hydrogens (tertiary/aromatic N) is 4. The average molecular weight is 421 g/mol. The topological polar surface area (TPSA) is 75.1 Å². The minimum Gasteiger partial charge on any atom is -0.386 e. The smallest absolute Gasteiger partial charge is 0.271 e. The number of hydrogen-bond acceptors (Lipinski definition) is 5. The van der Waals surface area contributed by atoms with Crippen molar-refractivity contribution in [1.29, 1.82) is 0 Å². The van der Waals surface area contributed by atoms with Crippen molar-refractivity contribution in [2.45, 2.75) is 45.3 Å². The van der Waals surface area contributed by atoms with Crippen LogP contribution >= 0.6 is 0 Å². The number of benzene rings is 1. The zero-order chi connectivity index (χ0) is 22.0. The highest BCUT2D eigenvalue weighted by atomic mass is 16.7. The third-order valence-corrected chi connectivity index (χ3v) is 5.85. The van der Waals surface area contributed by atoms with Crippen LogP contribution in [0.25, 0.3) is 0 Å². The Kier molecular flexibility index (Phi) is 5.76. The van der Waals surface area contributed by atoms with Crippen LogP contribution in [0.4, 0.5) is 0 Å². The first-order valence-electron chi connectivity index (χ1n) is 10.6. The molecular weight excluding hydrogens is 392 g/mol. The van der Waals surface area contributed by atoms with Crippen LogP contribution in [0.5, 0.6) is 0 Å². The molecule has 4 rings (SSSR count). The van der Waals surface area contributed by atoms with Gasteiger partial charge in [0.1, 0.15) is 5.71 Å². The van der Waals surface area contributed by atoms with Crippen LogP contribution in [-0.2, 0) is 16.2 Å². The number of amides is 2. The number of oxime groups is 1. The molecule has 2 aromatic rings. The molecule has 3 heterocycles. The fourth-order valence-electron chi connectivity index (χ4n) is 4.43. The second-order valence-corrected chi connectivity index (χ2v) is 8.68. The van der Waals surface area contributed by atoms with E-state index in [1.54, 1.807) is 18.1 Å². The maximum Gasteiger partial charge on any atom is 0.271 e. The van der Waals surface area contributed by atoms with E-state index >= 15 is 0 Å². The molecule has 0 N–H and O–H groups in total. The number of carbonyl (C=O) groups excluding carboxylic acids is 2. The summed E-state index contributed by atoms with van der Waals surface area (Å²) < 4.78 is 0. The Bertz CT molecular complexity index is 1000. The molecule has 0 saturated carbocycles. The van der Waals surface area contributed by atoms with Gasteiger partial charge in [-0.15, -0.1) is 0 Å². The van der Waals surface area contributed by atoms with Crippen LogP contribution in [0.3, 0.4) is 0 Å². The fourth-order valence-corrected chi connectivity index (χ4v) is 4.43. The second-order valence-electron chi connectivity index (χ2n) is 8.68. The quantitative estimate of drug-likeness (QED) is 0.762. The molecule has 7 heteroatoms. The molecule has 31 heavy (non-hydrogen) atoms. The van der Waals surface area contributed by atoms with Crippen molar-refractivity contribution in [2.24, 2.45) is 5.16 Å². The molecule has 2 aliphatic heterocycles. The molecule has 1 spiro atoms. The Hall–Kier alpha value is -3.22. The lowest BCUT2D eigenvalue weighted by molar-refractivity contribution is -0.123. The molecule has 7 nitrogen and oxygen atoms in total. The van der Waals surface area contributed by atoms with Gasteiger partial charge < -0.3 is 14.6 Å². The van der Waals surface area contributed by atoms with Gasteiger partial charge in [0.15, 0.2) is 5.60 Å². The molecule has 1 atom stereocenters. The zero-order valence-electron chi connectivity index (χ0n) is 18.3. The van der Waals surface area contributed by atoms with E-state index in [2.05, 4.69) is 16.2 Å². The minimum absolute atomic E-state index is 0.00141. The van der Waals surface area contributed by atoms with Gasteiger partial charge in [-0.3, -0.25) is 14.6 Å². The molecule has 1 fully saturated rings. The number of hydrogen-bond donors (Lipinski definition) is 0. The predicted molar refractivity (Wildman–Crippen MR) is 118 cm³/mol. The summed E-state index contributed by atoms with van der Waals surface area (Å²) in [6, 6.07) is 11.5. The molecule has 1 aromatic heterocycles. The second kappa shape index (κ2) is 8.49. The van der Waals surface area contributed by atoms with E-state index in [9.17, 15) is 9.59 Å². The third kappa shape index (κ3) is 4.60. The van der Waals surface area contributed by atoms with E-state index in [0.717, 1.165) is 29.7 Å². The maximum atomic E-state index is 13.1. The SMILES string of the molecule is Cc1cc(C)cc(C(=O)N2CCC[C@]3(CC(C(=O)N(C)Cc4ccccn4)=NO3)C2)c1. The van der Waals surface area contributed by atoms with E-state index < -0.39 is 5.60 Å². The van der Waals surface area contributed by atoms with Crippen LogP contribution in [0.1, 0.15) is 46.4 Å². The monoisotopic (exact) mass is 420 g/mol. The van der Waals surface area contributed by atoms with E-state index in [4.69, 9.17) is 4.84 Å². The third-order valence-electron chi connectivity index (χ3n) is 5.85. The van der Waals surface area contributed by atoms with Crippen molar-refractivity contribution >= 4 is 17.5 Å². The summed E-state index contributed by atoms with van der Waals surface area (Å²) in [5, 5.41) is 4.14. The zero-order valence-corrected chi connectivity index (χ0v) is 18.3. The lowest BCUT2D eigenvalue weighted by atomic mass is 9.87. The first-order valence-corrected chi connectivity index (χ1v) is 10.6. The number of aryl methyl sites for hydroxylation is 2. The Morgan fingerprint density at radius 2 is 1.97 bits per heavy atom. The summed E-state index contributed by atoms with van der Waals surface area (Å²) in [4.78, 5) is 39.5. The molecule has 0 bridgehead atoms. The van der Waals surface area contributed by atoms with Crippen molar-refractivity contribution < 1.29 is 14.4 Å². The van der Waals surface area contributed by atoms with Gasteiger partial charge in [-0.05, 0) is 51.0 Å². The van der Waals surface area contributed by atoms with Crippen molar-refractivity contribution in [3.8, 4) is 0 Å². The fraction of sp³-hybridized carbons (Fsp3) is 0.417. The first-order chi connectivity index (χ1) is 14.8. The summed E-state index contributed by atoms with van der Waals surface area (Å²) in [6.07, 6.45) is 3.71. The number of carbonyl (C=O) groups is 2. The van der Waals surface area contributed by atoms with Gasteiger partial charge in [0.2, 0.25) is 0 Å². The van der Waals surface area contributed by atoms with Gasteiger partial charge in [0.05, 0.1) is 18.8 Å². The van der Waals surface area contributed by atoms with E-state index in [1.165, 1.54) is 0 Å². The van der Waals surface area contributed by atoms with Gasteiger partial charge in [-0.2, -0.15) is 0 Å². The molecule has 2 aliphatic rings. The van der Waals surface area contributed by atoms with Crippen molar-refractivity contribution in [2.75, 3.05) is 20.1 Å². The molecule has 1 aromatic carbocycles. The molecule has 0 aliphatic carbocycles. The molecule has 1 saturated heterocycles. The molecular formula is C24H28N4O3. The predicted octanol–water partition coefficient (Wildman–Crippen LogP) is 3.11. The lowest BCUT2D eigenvalue weighted by Gasteiger charge is -2.38. The summed E-state index contributed by atoms with van der Waals surface area (Å²) in [7, 11) is 1.74. The lowest BCUT2D eigenvalue weighted by Crippen LogP contribution is -2.51. The number of likely N-dealkylation sites (tertiary alicyclic amines) is 1. The summed E-state index contributed by atoms with van der Waals surface area (Å²) >= 11 is 0. The molecule has 162 valence electrons. The van der Waals surface area contributed by atoms with Crippen molar-refractivity contribution in [1.82, 2.24) is 14.8 Å². The maximum absolute atomic E-state index is 13.1. The summed E-state index contributed by atoms with van der Waals surface area (Å²) in [6.45, 7) is 5.51. The highest BCUT2D eigenvalue weighted by molar-refractivity contribution is 6.39. The first kappa shape index (κ1) is 21.0. The van der Waals surface area contributed by atoms with Gasteiger partial charge in [-0.1, -0.05) is 28.4 Å². The van der Waals surface area contributed by atoms with Gasteiger partial charge in [-0.25, -0.2) is 0 Å². The Morgan fingerprint density at radius 1 is 1.19 bits per heavy atom. The minimum atomic E-state index is -0.621. The van der Waals surface area contributed by atoms with Crippen molar-refractivity contribution in [3.63, 3.8) is 0 Å². The normalized spacial score (nSPS) is 20.4. The Labute approximate surface area is 182 Å². The van der Waals surface area contributed by atoms with Crippen LogP contribution < -0.4 is 0 Å². The van der Waals surface area contributed by atoms with Gasteiger partial charge >= 0.3 is 0 Å². The molecule has 0 radical (unpaired) electrons. The van der Waals surface area contributed by atoms with Gasteiger partial charge in [0, 0.05) is 31.8 Å². The van der Waals surface area contributed by atoms with E-state index in [-0.39, 0.29) is 11.8 Å². The summed E-state index contributed by atoms with van der Waals surface area (Å²) in [5.74, 6) is -0.165. The van der Waals surface area contributed by atoms with Gasteiger partial charge in [0.25, 0.3) is 11.8 Å². The number of rotatable bonds is 4. The van der Waals surface area contributed by atoms with E-state index in [1.807, 2.05) is 49.1 Å². The van der Waals surface area contributed by atoms with Crippen LogP contribution in [-0.4, -0.2) is 58.0 Å². The van der Waals surface area contributed by atoms with Crippen molar-refractivity contribution in [3.05, 3.63) is 65.0 Å². The van der Waals surface area contributed by atoms with E-state index in [0.29, 0.717) is 37.3 Å². The summed E-state index contributed by atoms with van der Waals surface area (Å²) in [5.41, 5.74) is 3.43. The number of pyridine rings is 1. The molecule has 0 unspecified atom stereocenters. The number of aromatic nitrogens is 1. The van der Waals surface area contributed by atoms with Crippen LogP contribution in [0.15, 0.2) is 47.8 Å². The highest BCUT2D eigenvalue weighted by Crippen LogP contribution is 2.34. The highest BCUT2D eigenvalue weighted by Gasteiger charge is 2.46. The van der Waals surface area contributed by atoms with Crippen LogP contribution in [0, 0.1) is 13.8 Å². The Balaban J connectivity index is 1.41. The largest absolute Gasteiger partial charge is 0.386 e. The van der Waals surface area contributed by atoms with Crippen LogP contribution in [0.2, 0.25) is 0 Å². The number of piperidine rings is 1. The Morgan fingerprint density at radius 3 is 2.68 bits per heavy atom.